The molecule has 0 spiro atoms. The van der Waals surface area contributed by atoms with Gasteiger partial charge in [-0.2, -0.15) is 11.8 Å². The maximum absolute atomic E-state index is 11.9. The van der Waals surface area contributed by atoms with Crippen molar-refractivity contribution in [2.75, 3.05) is 18.6 Å². The Kier molecular flexibility index (Phi) is 4.47. The minimum Gasteiger partial charge on any atom is -0.440 e. The smallest absolute Gasteiger partial charge is 0.251 e. The number of carbonyl (C=O) groups excluding carboxylic acids is 1. The Labute approximate surface area is 117 Å². The molecule has 0 atom stereocenters. The van der Waals surface area contributed by atoms with Gasteiger partial charge in [-0.15, -0.1) is 0 Å². The molecule has 2 rings (SSSR count). The third-order valence-corrected chi connectivity index (χ3v) is 3.36. The molecule has 1 heterocycles. The molecule has 0 aliphatic rings. The van der Waals surface area contributed by atoms with Crippen LogP contribution >= 0.6 is 11.8 Å². The van der Waals surface area contributed by atoms with Crippen molar-refractivity contribution < 1.29 is 9.21 Å². The normalized spacial score (nSPS) is 11.2. The number of hydrogen-bond acceptors (Lipinski definition) is 4. The van der Waals surface area contributed by atoms with E-state index in [1.807, 2.05) is 20.1 Å². The van der Waals surface area contributed by atoms with E-state index in [-0.39, 0.29) is 11.8 Å². The number of oxazole rings is 1. The maximum Gasteiger partial charge on any atom is 0.251 e. The van der Waals surface area contributed by atoms with Gasteiger partial charge in [0.05, 0.1) is 0 Å². The highest BCUT2D eigenvalue weighted by Gasteiger charge is 2.12. The molecule has 0 bridgehead atoms. The number of benzene rings is 1. The molecule has 0 aliphatic heterocycles. The Hall–Kier alpha value is -1.49. The van der Waals surface area contributed by atoms with Crippen LogP contribution in [0.15, 0.2) is 22.6 Å². The zero-order valence-corrected chi connectivity index (χ0v) is 12.2. The Morgan fingerprint density at radius 3 is 2.95 bits per heavy atom. The van der Waals surface area contributed by atoms with Gasteiger partial charge in [0.25, 0.3) is 5.91 Å². The van der Waals surface area contributed by atoms with E-state index >= 15 is 0 Å². The van der Waals surface area contributed by atoms with E-state index in [1.54, 1.807) is 30.0 Å². The number of rotatable bonds is 5. The molecule has 0 aliphatic carbocycles. The van der Waals surface area contributed by atoms with Gasteiger partial charge < -0.3 is 9.73 Å². The molecule has 0 fully saturated rings. The van der Waals surface area contributed by atoms with Crippen LogP contribution in [0.2, 0.25) is 0 Å². The van der Waals surface area contributed by atoms with Crippen LogP contribution in [-0.4, -0.2) is 29.4 Å². The molecule has 4 nitrogen and oxygen atoms in total. The van der Waals surface area contributed by atoms with E-state index in [0.29, 0.717) is 18.0 Å². The first kappa shape index (κ1) is 13.9. The molecule has 102 valence electrons. The standard InChI is InChI=1S/C14H18N2O2S/c1-9(2)14-16-11-8-10(4-5-12(11)18-14)13(17)15-6-7-19-3/h4-5,8-9H,6-7H2,1-3H3,(H,15,17). The van der Waals surface area contributed by atoms with Crippen LogP contribution < -0.4 is 5.32 Å². The largest absolute Gasteiger partial charge is 0.440 e. The van der Waals surface area contributed by atoms with Gasteiger partial charge in [0.2, 0.25) is 0 Å². The van der Waals surface area contributed by atoms with Crippen LogP contribution in [0.3, 0.4) is 0 Å². The van der Waals surface area contributed by atoms with E-state index in [9.17, 15) is 4.79 Å². The molecule has 5 heteroatoms. The second-order valence-corrected chi connectivity index (χ2v) is 5.62. The molecule has 1 amide bonds. The second kappa shape index (κ2) is 6.10. The molecule has 1 aromatic carbocycles. The second-order valence-electron chi connectivity index (χ2n) is 4.64. The lowest BCUT2D eigenvalue weighted by atomic mass is 10.2. The van der Waals surface area contributed by atoms with Crippen molar-refractivity contribution in [1.82, 2.24) is 10.3 Å². The minimum absolute atomic E-state index is 0.0648. The van der Waals surface area contributed by atoms with Gasteiger partial charge in [0, 0.05) is 23.8 Å². The number of nitrogens with zero attached hydrogens (tertiary/aromatic N) is 1. The lowest BCUT2D eigenvalue weighted by Gasteiger charge is -2.03. The lowest BCUT2D eigenvalue weighted by Crippen LogP contribution is -2.25. The summed E-state index contributed by atoms with van der Waals surface area (Å²) >= 11 is 1.71. The summed E-state index contributed by atoms with van der Waals surface area (Å²) in [5, 5.41) is 2.88. The SMILES string of the molecule is CSCCNC(=O)c1ccc2oc(C(C)C)nc2c1. The number of amides is 1. The van der Waals surface area contributed by atoms with Crippen molar-refractivity contribution in [2.45, 2.75) is 19.8 Å². The number of aromatic nitrogens is 1. The van der Waals surface area contributed by atoms with Gasteiger partial charge in [-0.3, -0.25) is 4.79 Å². The molecule has 0 saturated heterocycles. The molecular formula is C14H18N2O2S. The van der Waals surface area contributed by atoms with Gasteiger partial charge in [-0.05, 0) is 24.5 Å². The average molecular weight is 278 g/mol. The van der Waals surface area contributed by atoms with E-state index in [4.69, 9.17) is 4.42 Å². The summed E-state index contributed by atoms with van der Waals surface area (Å²) in [6.07, 6.45) is 2.01. The summed E-state index contributed by atoms with van der Waals surface area (Å²) < 4.78 is 5.62. The average Bonchev–Trinajstić information content (AvgIpc) is 2.81. The van der Waals surface area contributed by atoms with Crippen molar-refractivity contribution >= 4 is 28.8 Å². The van der Waals surface area contributed by atoms with Crippen molar-refractivity contribution in [3.63, 3.8) is 0 Å². The number of carbonyl (C=O) groups is 1. The van der Waals surface area contributed by atoms with Crippen LogP contribution in [0.4, 0.5) is 0 Å². The highest BCUT2D eigenvalue weighted by molar-refractivity contribution is 7.98. The Bertz CT molecular complexity index is 578. The Morgan fingerprint density at radius 1 is 1.47 bits per heavy atom. The summed E-state index contributed by atoms with van der Waals surface area (Å²) in [4.78, 5) is 16.3. The summed E-state index contributed by atoms with van der Waals surface area (Å²) in [5.41, 5.74) is 2.09. The van der Waals surface area contributed by atoms with Crippen LogP contribution in [-0.2, 0) is 0 Å². The van der Waals surface area contributed by atoms with Crippen molar-refractivity contribution in [3.8, 4) is 0 Å². The van der Waals surface area contributed by atoms with Crippen molar-refractivity contribution in [3.05, 3.63) is 29.7 Å². The van der Waals surface area contributed by atoms with Gasteiger partial charge >= 0.3 is 0 Å². The first-order chi connectivity index (χ1) is 9.11. The zero-order valence-electron chi connectivity index (χ0n) is 11.4. The number of nitrogens with one attached hydrogen (secondary N) is 1. The highest BCUT2D eigenvalue weighted by atomic mass is 32.2. The predicted molar refractivity (Wildman–Crippen MR) is 78.8 cm³/mol. The minimum atomic E-state index is -0.0648. The molecule has 2 aromatic rings. The fourth-order valence-electron chi connectivity index (χ4n) is 1.70. The van der Waals surface area contributed by atoms with Gasteiger partial charge in [-0.1, -0.05) is 13.8 Å². The van der Waals surface area contributed by atoms with Crippen LogP contribution in [0.5, 0.6) is 0 Å². The van der Waals surface area contributed by atoms with E-state index in [0.717, 1.165) is 16.9 Å². The summed E-state index contributed by atoms with van der Waals surface area (Å²) in [5.74, 6) is 1.79. The fraction of sp³-hybridized carbons (Fsp3) is 0.429. The summed E-state index contributed by atoms with van der Waals surface area (Å²) in [6, 6.07) is 5.35. The monoisotopic (exact) mass is 278 g/mol. The van der Waals surface area contributed by atoms with Crippen molar-refractivity contribution in [2.24, 2.45) is 0 Å². The third-order valence-electron chi connectivity index (χ3n) is 2.75. The van der Waals surface area contributed by atoms with E-state index < -0.39 is 0 Å². The lowest BCUT2D eigenvalue weighted by molar-refractivity contribution is 0.0956. The predicted octanol–water partition coefficient (Wildman–Crippen LogP) is 3.04. The van der Waals surface area contributed by atoms with Gasteiger partial charge in [0.15, 0.2) is 11.5 Å². The molecule has 0 unspecified atom stereocenters. The summed E-state index contributed by atoms with van der Waals surface area (Å²) in [6.45, 7) is 4.73. The topological polar surface area (TPSA) is 55.1 Å². The first-order valence-electron chi connectivity index (χ1n) is 6.29. The van der Waals surface area contributed by atoms with Gasteiger partial charge in [-0.25, -0.2) is 4.98 Å². The van der Waals surface area contributed by atoms with E-state index in [2.05, 4.69) is 10.3 Å². The number of hydrogen-bond donors (Lipinski definition) is 1. The molecule has 0 radical (unpaired) electrons. The Balaban J connectivity index is 2.18. The quantitative estimate of drug-likeness (QED) is 0.854. The highest BCUT2D eigenvalue weighted by Crippen LogP contribution is 2.21. The van der Waals surface area contributed by atoms with Crippen LogP contribution in [0.25, 0.3) is 11.1 Å². The van der Waals surface area contributed by atoms with Crippen LogP contribution in [0.1, 0.15) is 36.0 Å². The summed E-state index contributed by atoms with van der Waals surface area (Å²) in [7, 11) is 0. The number of thioether (sulfide) groups is 1. The van der Waals surface area contributed by atoms with Crippen molar-refractivity contribution in [1.29, 1.82) is 0 Å². The van der Waals surface area contributed by atoms with E-state index in [1.165, 1.54) is 0 Å². The zero-order chi connectivity index (χ0) is 13.8. The van der Waals surface area contributed by atoms with Gasteiger partial charge in [0.1, 0.15) is 5.52 Å². The molecule has 1 N–H and O–H groups in total. The Morgan fingerprint density at radius 2 is 2.26 bits per heavy atom. The maximum atomic E-state index is 11.9. The molecular weight excluding hydrogens is 260 g/mol. The molecule has 0 saturated carbocycles. The molecule has 19 heavy (non-hydrogen) atoms. The molecule has 1 aromatic heterocycles. The number of fused-ring (bicyclic) bond motifs is 1. The first-order valence-corrected chi connectivity index (χ1v) is 7.69. The fourth-order valence-corrected chi connectivity index (χ4v) is 2.01. The third kappa shape index (κ3) is 3.29. The van der Waals surface area contributed by atoms with Crippen LogP contribution in [0, 0.1) is 0 Å².